The van der Waals surface area contributed by atoms with E-state index in [1.807, 2.05) is 4.90 Å². The number of hydrogen-bond acceptors (Lipinski definition) is 7. The van der Waals surface area contributed by atoms with Crippen LogP contribution in [0.2, 0.25) is 0 Å². The van der Waals surface area contributed by atoms with Crippen molar-refractivity contribution in [2.75, 3.05) is 50.2 Å². The van der Waals surface area contributed by atoms with Gasteiger partial charge in [-0.1, -0.05) is 12.0 Å². The Morgan fingerprint density at radius 2 is 1.95 bits per heavy atom. The molecule has 42 heavy (non-hydrogen) atoms. The monoisotopic (exact) mass is 610 g/mol. The number of aliphatic hydroxyl groups excluding tert-OH is 1. The lowest BCUT2D eigenvalue weighted by molar-refractivity contribution is -0.140. The van der Waals surface area contributed by atoms with Gasteiger partial charge in [0.1, 0.15) is 18.5 Å². The summed E-state index contributed by atoms with van der Waals surface area (Å²) in [5.41, 5.74) is 1.44. The van der Waals surface area contributed by atoms with Crippen LogP contribution >= 0.6 is 0 Å². The first-order valence-electron chi connectivity index (χ1n) is 13.4. The highest BCUT2D eigenvalue weighted by Crippen LogP contribution is 2.32. The molecule has 3 N–H and O–H groups in total. The molecular formula is C29H34F4N4O4S. The van der Waals surface area contributed by atoms with Gasteiger partial charge in [0.2, 0.25) is 0 Å². The highest BCUT2D eigenvalue weighted by atomic mass is 32.2. The second-order valence-corrected chi connectivity index (χ2v) is 12.4. The molecule has 2 aromatic carbocycles. The minimum atomic E-state index is -4.50. The smallest absolute Gasteiger partial charge is 0.406 e. The summed E-state index contributed by atoms with van der Waals surface area (Å²) in [6.45, 7) is 1.55. The number of methoxy groups -OCH3 is 1. The zero-order valence-electron chi connectivity index (χ0n) is 23.5. The molecule has 0 unspecified atom stereocenters. The number of β-amino-alcohol motifs (C(OH)–C–C–N with tert-alkyl or cyclic N) is 1. The quantitative estimate of drug-likeness (QED) is 0.246. The molecule has 0 radical (unpaired) electrons. The number of piperidine rings is 1. The van der Waals surface area contributed by atoms with Crippen LogP contribution in [0, 0.1) is 11.8 Å². The van der Waals surface area contributed by atoms with Gasteiger partial charge >= 0.3 is 6.18 Å². The van der Waals surface area contributed by atoms with Gasteiger partial charge in [0.25, 0.3) is 0 Å². The maximum atomic E-state index is 15.0. The Balaban J connectivity index is 1.57. The van der Waals surface area contributed by atoms with E-state index >= 15 is 4.39 Å². The topological polar surface area (TPSA) is 95.8 Å². The van der Waals surface area contributed by atoms with Crippen LogP contribution in [0.25, 0.3) is 10.9 Å². The Morgan fingerprint density at radius 1 is 1.19 bits per heavy atom. The Hall–Kier alpha value is -3.47. The zero-order valence-corrected chi connectivity index (χ0v) is 24.3. The molecule has 13 heteroatoms. The lowest BCUT2D eigenvalue weighted by Gasteiger charge is -2.36. The molecular weight excluding hydrogens is 576 g/mol. The maximum absolute atomic E-state index is 15.0. The number of halogens is 4. The molecule has 228 valence electrons. The average molecular weight is 611 g/mol. The molecule has 1 aliphatic heterocycles. The van der Waals surface area contributed by atoms with Crippen molar-refractivity contribution in [3.63, 3.8) is 0 Å². The van der Waals surface area contributed by atoms with Crippen LogP contribution in [0.5, 0.6) is 5.75 Å². The number of fused-ring (bicyclic) bond motifs is 1. The molecule has 4 rings (SSSR count). The van der Waals surface area contributed by atoms with E-state index in [0.717, 1.165) is 10.8 Å². The molecule has 3 atom stereocenters. The molecule has 1 saturated heterocycles. The van der Waals surface area contributed by atoms with Crippen molar-refractivity contribution in [3.8, 4) is 17.6 Å². The van der Waals surface area contributed by atoms with Crippen LogP contribution in [-0.4, -0.2) is 87.0 Å². The number of likely N-dealkylation sites (tertiary alicyclic amines) is 1. The number of rotatable bonds is 9. The second kappa shape index (κ2) is 12.8. The predicted octanol–water partition coefficient (Wildman–Crippen LogP) is 4.28. The Kier molecular flexibility index (Phi) is 9.60. The third kappa shape index (κ3) is 7.87. The summed E-state index contributed by atoms with van der Waals surface area (Å²) in [5.74, 6) is 5.93. The van der Waals surface area contributed by atoms with Crippen LogP contribution in [0.15, 0.2) is 47.4 Å². The highest BCUT2D eigenvalue weighted by molar-refractivity contribution is 7.90. The fourth-order valence-electron chi connectivity index (χ4n) is 5.06. The Bertz CT molecular complexity index is 1580. The number of aromatic nitrogens is 1. The van der Waals surface area contributed by atoms with E-state index in [1.54, 1.807) is 31.2 Å². The van der Waals surface area contributed by atoms with Crippen LogP contribution < -0.4 is 15.4 Å². The van der Waals surface area contributed by atoms with E-state index in [2.05, 4.69) is 22.5 Å². The predicted molar refractivity (Wildman–Crippen MR) is 155 cm³/mol. The summed E-state index contributed by atoms with van der Waals surface area (Å²) in [5, 5.41) is 16.3. The van der Waals surface area contributed by atoms with Crippen molar-refractivity contribution >= 4 is 32.1 Å². The van der Waals surface area contributed by atoms with Gasteiger partial charge < -0.3 is 25.0 Å². The molecule has 2 heterocycles. The molecule has 0 spiro atoms. The van der Waals surface area contributed by atoms with Crippen molar-refractivity contribution in [2.45, 2.75) is 49.3 Å². The number of aliphatic hydroxyl groups is 1. The van der Waals surface area contributed by atoms with Gasteiger partial charge in [0.15, 0.2) is 9.84 Å². The average Bonchev–Trinajstić information content (AvgIpc) is 3.23. The molecule has 8 nitrogen and oxygen atoms in total. The zero-order chi connectivity index (χ0) is 30.7. The van der Waals surface area contributed by atoms with E-state index in [9.17, 15) is 26.7 Å². The van der Waals surface area contributed by atoms with Crippen molar-refractivity contribution < 1.29 is 35.8 Å². The molecule has 1 aromatic heterocycles. The minimum Gasteiger partial charge on any atom is -0.495 e. The third-order valence-corrected chi connectivity index (χ3v) is 8.07. The van der Waals surface area contributed by atoms with E-state index in [-0.39, 0.29) is 29.4 Å². The SMILES string of the molecule is COc1cc(S(C)(=O)=O)ccc1NCC#Cc1cc2c(N[C@H]3CCN(C[C@@H](C)O)C[C@H]3F)cccc2n1CC(F)(F)F. The molecule has 0 amide bonds. The van der Waals surface area contributed by atoms with Gasteiger partial charge in [-0.25, -0.2) is 12.8 Å². The number of ether oxygens (including phenoxy) is 1. The fourth-order valence-corrected chi connectivity index (χ4v) is 5.69. The van der Waals surface area contributed by atoms with Crippen LogP contribution in [-0.2, 0) is 16.4 Å². The summed E-state index contributed by atoms with van der Waals surface area (Å²) >= 11 is 0. The summed E-state index contributed by atoms with van der Waals surface area (Å²) in [6, 6.07) is 10.3. The van der Waals surface area contributed by atoms with Crippen LogP contribution in [0.4, 0.5) is 28.9 Å². The van der Waals surface area contributed by atoms with Crippen molar-refractivity contribution in [1.82, 2.24) is 9.47 Å². The molecule has 3 aromatic rings. The standard InChI is InChI=1S/C29H34F4N4O4S/c1-19(38)16-36-13-11-25(23(30)17-36)35-24-7-4-8-27-22(24)14-20(37(27)18-29(31,32)33)6-5-12-34-26-10-9-21(42(3,39)40)15-28(26)41-2/h4,7-10,14-15,19,23,25,34-35,38H,11-13,16-18H2,1-3H3/t19-,23-,25+/m1/s1. The number of anilines is 2. The molecule has 0 bridgehead atoms. The number of sulfone groups is 1. The minimum absolute atomic E-state index is 0.0434. The number of nitrogens with one attached hydrogen (secondary N) is 2. The van der Waals surface area contributed by atoms with Gasteiger partial charge in [0, 0.05) is 43.0 Å². The second-order valence-electron chi connectivity index (χ2n) is 10.4. The van der Waals surface area contributed by atoms with Crippen LogP contribution in [0.1, 0.15) is 19.0 Å². The lowest BCUT2D eigenvalue weighted by Crippen LogP contribution is -2.49. The largest absolute Gasteiger partial charge is 0.495 e. The van der Waals surface area contributed by atoms with Crippen LogP contribution in [0.3, 0.4) is 0 Å². The number of alkyl halides is 4. The van der Waals surface area contributed by atoms with E-state index in [4.69, 9.17) is 4.74 Å². The number of hydrogen-bond donors (Lipinski definition) is 3. The third-order valence-electron chi connectivity index (χ3n) is 6.96. The summed E-state index contributed by atoms with van der Waals surface area (Å²) < 4.78 is 85.7. The first kappa shape index (κ1) is 31.5. The summed E-state index contributed by atoms with van der Waals surface area (Å²) in [7, 11) is -2.04. The van der Waals surface area contributed by atoms with Gasteiger partial charge in [-0.3, -0.25) is 4.90 Å². The molecule has 1 fully saturated rings. The van der Waals surface area contributed by atoms with Gasteiger partial charge in [0.05, 0.1) is 47.6 Å². The Labute approximate surface area is 242 Å². The first-order valence-corrected chi connectivity index (χ1v) is 15.2. The fraction of sp³-hybridized carbons (Fsp3) is 0.448. The summed E-state index contributed by atoms with van der Waals surface area (Å²) in [6.07, 6.45) is -4.74. The normalized spacial score (nSPS) is 18.8. The van der Waals surface area contributed by atoms with Crippen molar-refractivity contribution in [3.05, 3.63) is 48.2 Å². The number of benzene rings is 2. The van der Waals surface area contributed by atoms with E-state index in [0.29, 0.717) is 41.8 Å². The molecule has 0 aliphatic carbocycles. The number of nitrogens with zero attached hydrogens (tertiary/aromatic N) is 2. The first-order chi connectivity index (χ1) is 19.7. The Morgan fingerprint density at radius 3 is 2.60 bits per heavy atom. The lowest BCUT2D eigenvalue weighted by atomic mass is 10.0. The molecule has 0 saturated carbocycles. The van der Waals surface area contributed by atoms with Gasteiger partial charge in [-0.05, 0) is 49.6 Å². The summed E-state index contributed by atoms with van der Waals surface area (Å²) in [4.78, 5) is 1.94. The van der Waals surface area contributed by atoms with E-state index in [1.165, 1.54) is 25.3 Å². The van der Waals surface area contributed by atoms with Gasteiger partial charge in [-0.15, -0.1) is 0 Å². The van der Waals surface area contributed by atoms with Crippen molar-refractivity contribution in [2.24, 2.45) is 0 Å². The maximum Gasteiger partial charge on any atom is 0.406 e. The van der Waals surface area contributed by atoms with Crippen molar-refractivity contribution in [1.29, 1.82) is 0 Å². The molecule has 1 aliphatic rings. The van der Waals surface area contributed by atoms with E-state index < -0.39 is 40.9 Å². The van der Waals surface area contributed by atoms with Gasteiger partial charge in [-0.2, -0.15) is 13.2 Å². The highest BCUT2D eigenvalue weighted by Gasteiger charge is 2.32.